The number of ether oxygens (including phenoxy) is 2. The highest BCUT2D eigenvalue weighted by Gasteiger charge is 2.19. The number of carbonyl (C=O) groups excluding carboxylic acids is 1. The molecule has 0 bridgehead atoms. The number of rotatable bonds is 6. The van der Waals surface area contributed by atoms with Crippen LogP contribution in [0.15, 0.2) is 78.9 Å². The quantitative estimate of drug-likeness (QED) is 0.711. The van der Waals surface area contributed by atoms with Gasteiger partial charge in [-0.2, -0.15) is 0 Å². The van der Waals surface area contributed by atoms with Gasteiger partial charge in [-0.25, -0.2) is 0 Å². The van der Waals surface area contributed by atoms with E-state index < -0.39 is 0 Å². The molecule has 1 aliphatic rings. The lowest BCUT2D eigenvalue weighted by molar-refractivity contribution is -0.123. The van der Waals surface area contributed by atoms with E-state index in [4.69, 9.17) is 9.47 Å². The molecule has 0 aliphatic carbocycles. The fourth-order valence-corrected chi connectivity index (χ4v) is 3.34. The fraction of sp³-hybridized carbons (Fsp3) is 0.208. The van der Waals surface area contributed by atoms with Crippen LogP contribution in [-0.2, 0) is 22.6 Å². The summed E-state index contributed by atoms with van der Waals surface area (Å²) in [6.07, 6.45) is 0.821. The molecule has 3 aromatic carbocycles. The molecule has 4 heteroatoms. The molecule has 142 valence electrons. The predicted octanol–water partition coefficient (Wildman–Crippen LogP) is 3.99. The molecule has 0 saturated heterocycles. The van der Waals surface area contributed by atoms with Crippen LogP contribution in [0.3, 0.4) is 0 Å². The van der Waals surface area contributed by atoms with Crippen molar-refractivity contribution >= 4 is 5.91 Å². The van der Waals surface area contributed by atoms with Gasteiger partial charge in [0.2, 0.25) is 0 Å². The van der Waals surface area contributed by atoms with E-state index in [-0.39, 0.29) is 18.6 Å². The summed E-state index contributed by atoms with van der Waals surface area (Å²) in [6, 6.07) is 26.2. The maximum atomic E-state index is 12.1. The lowest BCUT2D eigenvalue weighted by atomic mass is 9.99. The lowest BCUT2D eigenvalue weighted by Gasteiger charge is -2.25. The van der Waals surface area contributed by atoms with Crippen LogP contribution in [-0.4, -0.2) is 25.2 Å². The average Bonchev–Trinajstić information content (AvgIpc) is 2.77. The summed E-state index contributed by atoms with van der Waals surface area (Å²) < 4.78 is 11.4. The second-order valence-corrected chi connectivity index (χ2v) is 6.89. The molecule has 1 aliphatic heterocycles. The summed E-state index contributed by atoms with van der Waals surface area (Å²) in [5.74, 6) is 0.535. The van der Waals surface area contributed by atoms with Gasteiger partial charge >= 0.3 is 0 Å². The van der Waals surface area contributed by atoms with Crippen molar-refractivity contribution < 1.29 is 14.3 Å². The Morgan fingerprint density at radius 1 is 0.893 bits per heavy atom. The number of hydrogen-bond acceptors (Lipinski definition) is 3. The Bertz CT molecular complexity index is 922. The summed E-state index contributed by atoms with van der Waals surface area (Å²) in [4.78, 5) is 12.1. The van der Waals surface area contributed by atoms with E-state index in [1.807, 2.05) is 54.6 Å². The Morgan fingerprint density at radius 3 is 2.36 bits per heavy atom. The first kappa shape index (κ1) is 18.3. The van der Waals surface area contributed by atoms with Crippen molar-refractivity contribution in [1.82, 2.24) is 5.32 Å². The van der Waals surface area contributed by atoms with E-state index in [0.29, 0.717) is 18.9 Å². The van der Waals surface area contributed by atoms with Gasteiger partial charge in [-0.15, -0.1) is 0 Å². The second-order valence-electron chi connectivity index (χ2n) is 6.89. The van der Waals surface area contributed by atoms with Crippen LogP contribution in [0.2, 0.25) is 0 Å². The van der Waals surface area contributed by atoms with Gasteiger partial charge in [0.05, 0.1) is 12.7 Å². The van der Waals surface area contributed by atoms with Crippen molar-refractivity contribution in [2.75, 3.05) is 13.2 Å². The van der Waals surface area contributed by atoms with E-state index in [2.05, 4.69) is 29.6 Å². The monoisotopic (exact) mass is 373 g/mol. The van der Waals surface area contributed by atoms with Gasteiger partial charge in [0.1, 0.15) is 5.75 Å². The molecule has 1 N–H and O–H groups in total. The highest BCUT2D eigenvalue weighted by molar-refractivity contribution is 5.77. The molecule has 0 spiro atoms. The van der Waals surface area contributed by atoms with Gasteiger partial charge in [0.25, 0.3) is 5.91 Å². The van der Waals surface area contributed by atoms with Crippen LogP contribution >= 0.6 is 0 Å². The topological polar surface area (TPSA) is 47.6 Å². The molecular formula is C24H23NO3. The van der Waals surface area contributed by atoms with Crippen LogP contribution in [0.25, 0.3) is 11.1 Å². The van der Waals surface area contributed by atoms with Crippen molar-refractivity contribution in [3.63, 3.8) is 0 Å². The molecular weight excluding hydrogens is 350 g/mol. The highest BCUT2D eigenvalue weighted by Crippen LogP contribution is 2.22. The smallest absolute Gasteiger partial charge is 0.258 e. The Kier molecular flexibility index (Phi) is 5.69. The zero-order valence-corrected chi connectivity index (χ0v) is 15.6. The molecule has 0 saturated carbocycles. The molecule has 0 fully saturated rings. The van der Waals surface area contributed by atoms with Gasteiger partial charge in [-0.1, -0.05) is 66.7 Å². The zero-order chi connectivity index (χ0) is 19.2. The Labute approximate surface area is 165 Å². The number of carbonyl (C=O) groups is 1. The standard InChI is InChI=1S/C24H23NO3/c26-24(25-15-23-14-20-8-4-5-9-21(20)16-27-23)17-28-22-12-10-19(11-13-22)18-6-2-1-3-7-18/h1-13,23H,14-17H2,(H,25,26). The largest absolute Gasteiger partial charge is 0.484 e. The van der Waals surface area contributed by atoms with E-state index in [1.54, 1.807) is 0 Å². The summed E-state index contributed by atoms with van der Waals surface area (Å²) in [7, 11) is 0. The van der Waals surface area contributed by atoms with Crippen LogP contribution in [0.5, 0.6) is 5.75 Å². The summed E-state index contributed by atoms with van der Waals surface area (Å²) in [6.45, 7) is 1.08. The third kappa shape index (κ3) is 4.59. The number of amides is 1. The first-order valence-corrected chi connectivity index (χ1v) is 9.51. The Balaban J connectivity index is 1.23. The molecule has 28 heavy (non-hydrogen) atoms. The number of nitrogens with one attached hydrogen (secondary N) is 1. The van der Waals surface area contributed by atoms with E-state index in [1.165, 1.54) is 11.1 Å². The minimum absolute atomic E-state index is 0.00371. The second kappa shape index (κ2) is 8.72. The van der Waals surface area contributed by atoms with Crippen LogP contribution in [0.1, 0.15) is 11.1 Å². The molecule has 1 unspecified atom stereocenters. The van der Waals surface area contributed by atoms with Crippen molar-refractivity contribution in [2.24, 2.45) is 0 Å². The average molecular weight is 373 g/mol. The van der Waals surface area contributed by atoms with Crippen molar-refractivity contribution in [1.29, 1.82) is 0 Å². The summed E-state index contributed by atoms with van der Waals surface area (Å²) in [5, 5.41) is 2.90. The minimum Gasteiger partial charge on any atom is -0.484 e. The fourth-order valence-electron chi connectivity index (χ4n) is 3.34. The number of hydrogen-bond donors (Lipinski definition) is 1. The Morgan fingerprint density at radius 2 is 1.57 bits per heavy atom. The highest BCUT2D eigenvalue weighted by atomic mass is 16.5. The van der Waals surface area contributed by atoms with Gasteiger partial charge in [-0.3, -0.25) is 4.79 Å². The van der Waals surface area contributed by atoms with Crippen molar-refractivity contribution in [2.45, 2.75) is 19.1 Å². The van der Waals surface area contributed by atoms with Gasteiger partial charge in [0, 0.05) is 13.0 Å². The van der Waals surface area contributed by atoms with Gasteiger partial charge in [-0.05, 0) is 34.4 Å². The first-order valence-electron chi connectivity index (χ1n) is 9.51. The zero-order valence-electron chi connectivity index (χ0n) is 15.6. The molecule has 0 radical (unpaired) electrons. The van der Waals surface area contributed by atoms with Crippen molar-refractivity contribution in [3.05, 3.63) is 90.0 Å². The third-order valence-corrected chi connectivity index (χ3v) is 4.90. The predicted molar refractivity (Wildman–Crippen MR) is 109 cm³/mol. The molecule has 4 rings (SSSR count). The van der Waals surface area contributed by atoms with Crippen molar-refractivity contribution in [3.8, 4) is 16.9 Å². The minimum atomic E-state index is -0.144. The molecule has 1 atom stereocenters. The van der Waals surface area contributed by atoms with Crippen LogP contribution < -0.4 is 10.1 Å². The normalized spacial score (nSPS) is 15.5. The molecule has 3 aromatic rings. The lowest BCUT2D eigenvalue weighted by Crippen LogP contribution is -2.38. The third-order valence-electron chi connectivity index (χ3n) is 4.90. The summed E-state index contributed by atoms with van der Waals surface area (Å²) >= 11 is 0. The van der Waals surface area contributed by atoms with E-state index in [9.17, 15) is 4.79 Å². The Hall–Kier alpha value is -3.11. The molecule has 0 aromatic heterocycles. The number of fused-ring (bicyclic) bond motifs is 1. The van der Waals surface area contributed by atoms with Crippen LogP contribution in [0, 0.1) is 0 Å². The maximum Gasteiger partial charge on any atom is 0.258 e. The molecule has 1 heterocycles. The molecule has 4 nitrogen and oxygen atoms in total. The van der Waals surface area contributed by atoms with Gasteiger partial charge < -0.3 is 14.8 Å². The van der Waals surface area contributed by atoms with Crippen LogP contribution in [0.4, 0.5) is 0 Å². The number of benzene rings is 3. The first-order chi connectivity index (χ1) is 13.8. The van der Waals surface area contributed by atoms with Gasteiger partial charge in [0.15, 0.2) is 6.61 Å². The molecule has 1 amide bonds. The van der Waals surface area contributed by atoms with E-state index in [0.717, 1.165) is 17.5 Å². The SMILES string of the molecule is O=C(COc1ccc(-c2ccccc2)cc1)NCC1Cc2ccccc2CO1. The maximum absolute atomic E-state index is 12.1. The summed E-state index contributed by atoms with van der Waals surface area (Å²) in [5.41, 5.74) is 4.79. The van der Waals surface area contributed by atoms with E-state index >= 15 is 0 Å².